The van der Waals surface area contributed by atoms with E-state index in [9.17, 15) is 18.0 Å². The number of ether oxygens (including phenoxy) is 1. The van der Waals surface area contributed by atoms with Crippen molar-refractivity contribution in [2.45, 2.75) is 53.1 Å². The first kappa shape index (κ1) is 23.9. The number of hydrogen-bond acceptors (Lipinski definition) is 5. The molecule has 2 fully saturated rings. The summed E-state index contributed by atoms with van der Waals surface area (Å²) >= 11 is 0. The standard InChI is InChI=1S/C19H36N4O5S/c1-6-22(7-2)29(26,27)23-14-12-20(13-15-23)17(24)16-8-10-21(11-9-16)18(25)28-19(3,4)5/h16H,6-15H2,1-5H3. The minimum absolute atomic E-state index is 0.0636. The maximum Gasteiger partial charge on any atom is 0.410 e. The highest BCUT2D eigenvalue weighted by atomic mass is 32.2. The molecule has 2 heterocycles. The molecule has 9 nitrogen and oxygen atoms in total. The molecule has 29 heavy (non-hydrogen) atoms. The number of likely N-dealkylation sites (tertiary alicyclic amines) is 1. The Morgan fingerprint density at radius 2 is 1.45 bits per heavy atom. The second-order valence-electron chi connectivity index (χ2n) is 8.56. The fourth-order valence-electron chi connectivity index (χ4n) is 3.75. The van der Waals surface area contributed by atoms with E-state index < -0.39 is 15.8 Å². The first-order valence-electron chi connectivity index (χ1n) is 10.5. The molecule has 0 aromatic rings. The topological polar surface area (TPSA) is 90.5 Å². The molecule has 168 valence electrons. The van der Waals surface area contributed by atoms with Crippen LogP contribution in [0.15, 0.2) is 0 Å². The summed E-state index contributed by atoms with van der Waals surface area (Å²) in [5.41, 5.74) is -0.533. The molecule has 0 radical (unpaired) electrons. The Labute approximate surface area is 175 Å². The number of nitrogens with zero attached hydrogens (tertiary/aromatic N) is 4. The van der Waals surface area contributed by atoms with Gasteiger partial charge in [0.2, 0.25) is 5.91 Å². The normalized spacial score (nSPS) is 20.2. The minimum atomic E-state index is -3.46. The predicted octanol–water partition coefficient (Wildman–Crippen LogP) is 1.36. The smallest absolute Gasteiger partial charge is 0.410 e. The number of piperazine rings is 1. The lowest BCUT2D eigenvalue weighted by molar-refractivity contribution is -0.138. The summed E-state index contributed by atoms with van der Waals surface area (Å²) in [5.74, 6) is -0.0617. The van der Waals surface area contributed by atoms with Crippen LogP contribution in [0.3, 0.4) is 0 Å². The summed E-state index contributed by atoms with van der Waals surface area (Å²) < 4.78 is 33.6. The van der Waals surface area contributed by atoms with Gasteiger partial charge in [-0.3, -0.25) is 4.79 Å². The Bertz CT molecular complexity index is 671. The van der Waals surface area contributed by atoms with E-state index in [2.05, 4.69) is 0 Å². The van der Waals surface area contributed by atoms with Crippen molar-refractivity contribution in [1.82, 2.24) is 18.4 Å². The van der Waals surface area contributed by atoms with Gasteiger partial charge in [0.15, 0.2) is 0 Å². The quantitative estimate of drug-likeness (QED) is 0.654. The minimum Gasteiger partial charge on any atom is -0.444 e. The van der Waals surface area contributed by atoms with Crippen LogP contribution in [0.25, 0.3) is 0 Å². The van der Waals surface area contributed by atoms with E-state index in [0.29, 0.717) is 65.2 Å². The van der Waals surface area contributed by atoms with Crippen molar-refractivity contribution in [3.05, 3.63) is 0 Å². The second-order valence-corrected chi connectivity index (χ2v) is 10.5. The molecule has 0 saturated carbocycles. The number of amides is 2. The lowest BCUT2D eigenvalue weighted by Crippen LogP contribution is -2.55. The number of hydrogen-bond donors (Lipinski definition) is 0. The van der Waals surface area contributed by atoms with E-state index in [1.54, 1.807) is 9.80 Å². The Morgan fingerprint density at radius 1 is 0.931 bits per heavy atom. The van der Waals surface area contributed by atoms with Crippen molar-refractivity contribution < 1.29 is 22.7 Å². The second kappa shape index (κ2) is 9.61. The summed E-state index contributed by atoms with van der Waals surface area (Å²) in [5, 5.41) is 0. The molecule has 2 aliphatic heterocycles. The molecular formula is C19H36N4O5S. The lowest BCUT2D eigenvalue weighted by atomic mass is 9.95. The molecule has 0 aromatic heterocycles. The molecule has 0 bridgehead atoms. The number of piperidine rings is 1. The molecule has 10 heteroatoms. The van der Waals surface area contributed by atoms with Crippen LogP contribution in [-0.4, -0.2) is 96.8 Å². The highest BCUT2D eigenvalue weighted by molar-refractivity contribution is 7.86. The molecule has 2 aliphatic rings. The maximum absolute atomic E-state index is 12.9. The average Bonchev–Trinajstić information content (AvgIpc) is 2.67. The van der Waals surface area contributed by atoms with E-state index in [1.807, 2.05) is 34.6 Å². The summed E-state index contributed by atoms with van der Waals surface area (Å²) in [6, 6.07) is 0. The Morgan fingerprint density at radius 3 is 1.90 bits per heavy atom. The number of rotatable bonds is 5. The van der Waals surface area contributed by atoms with E-state index in [0.717, 1.165) is 0 Å². The van der Waals surface area contributed by atoms with Gasteiger partial charge in [-0.2, -0.15) is 17.0 Å². The molecule has 0 aliphatic carbocycles. The van der Waals surface area contributed by atoms with Gasteiger partial charge in [-0.1, -0.05) is 13.8 Å². The molecule has 2 amide bonds. The van der Waals surface area contributed by atoms with Crippen LogP contribution < -0.4 is 0 Å². The zero-order valence-corrected chi connectivity index (χ0v) is 19.2. The van der Waals surface area contributed by atoms with Crippen molar-refractivity contribution in [3.63, 3.8) is 0 Å². The summed E-state index contributed by atoms with van der Waals surface area (Å²) in [4.78, 5) is 28.5. The van der Waals surface area contributed by atoms with Crippen molar-refractivity contribution in [2.75, 3.05) is 52.4 Å². The number of carbonyl (C=O) groups is 2. The van der Waals surface area contributed by atoms with Crippen LogP contribution >= 0.6 is 0 Å². The van der Waals surface area contributed by atoms with Gasteiger partial charge in [0.05, 0.1) is 0 Å². The maximum atomic E-state index is 12.9. The SMILES string of the molecule is CCN(CC)S(=O)(=O)N1CCN(C(=O)C2CCN(C(=O)OC(C)(C)C)CC2)CC1. The zero-order valence-electron chi connectivity index (χ0n) is 18.4. The Hall–Kier alpha value is -1.39. The molecule has 0 N–H and O–H groups in total. The summed E-state index contributed by atoms with van der Waals surface area (Å²) in [6.45, 7) is 12.5. The van der Waals surface area contributed by atoms with Crippen LogP contribution in [0.1, 0.15) is 47.5 Å². The van der Waals surface area contributed by atoms with Crippen molar-refractivity contribution in [2.24, 2.45) is 5.92 Å². The first-order valence-corrected chi connectivity index (χ1v) is 11.9. The third-order valence-electron chi connectivity index (χ3n) is 5.40. The van der Waals surface area contributed by atoms with Crippen LogP contribution in [0.2, 0.25) is 0 Å². The molecule has 0 unspecified atom stereocenters. The zero-order chi connectivity index (χ0) is 21.8. The Kier molecular flexibility index (Phi) is 7.92. The van der Waals surface area contributed by atoms with Gasteiger partial charge in [-0.25, -0.2) is 4.79 Å². The largest absolute Gasteiger partial charge is 0.444 e. The van der Waals surface area contributed by atoms with Crippen molar-refractivity contribution in [3.8, 4) is 0 Å². The van der Waals surface area contributed by atoms with Gasteiger partial charge in [0.1, 0.15) is 5.60 Å². The highest BCUT2D eigenvalue weighted by Gasteiger charge is 2.36. The van der Waals surface area contributed by atoms with E-state index in [1.165, 1.54) is 8.61 Å². The van der Waals surface area contributed by atoms with Gasteiger partial charge >= 0.3 is 6.09 Å². The van der Waals surface area contributed by atoms with Gasteiger partial charge in [0, 0.05) is 58.3 Å². The van der Waals surface area contributed by atoms with Crippen molar-refractivity contribution >= 4 is 22.2 Å². The van der Waals surface area contributed by atoms with E-state index in [4.69, 9.17) is 4.74 Å². The van der Waals surface area contributed by atoms with Gasteiger partial charge in [0.25, 0.3) is 10.2 Å². The summed E-state index contributed by atoms with van der Waals surface area (Å²) in [7, 11) is -3.46. The van der Waals surface area contributed by atoms with E-state index >= 15 is 0 Å². The average molecular weight is 433 g/mol. The van der Waals surface area contributed by atoms with Crippen LogP contribution in [0.4, 0.5) is 4.79 Å². The van der Waals surface area contributed by atoms with Crippen LogP contribution in [0, 0.1) is 5.92 Å². The van der Waals surface area contributed by atoms with Crippen LogP contribution in [0.5, 0.6) is 0 Å². The molecule has 2 saturated heterocycles. The van der Waals surface area contributed by atoms with Crippen molar-refractivity contribution in [1.29, 1.82) is 0 Å². The number of carbonyl (C=O) groups excluding carboxylic acids is 2. The molecule has 0 spiro atoms. The summed E-state index contributed by atoms with van der Waals surface area (Å²) in [6.07, 6.45) is 0.880. The predicted molar refractivity (Wildman–Crippen MR) is 111 cm³/mol. The van der Waals surface area contributed by atoms with E-state index in [-0.39, 0.29) is 17.9 Å². The fourth-order valence-corrected chi connectivity index (χ4v) is 5.35. The van der Waals surface area contributed by atoms with Gasteiger partial charge in [-0.05, 0) is 33.6 Å². The molecule has 2 rings (SSSR count). The van der Waals surface area contributed by atoms with Gasteiger partial charge in [-0.15, -0.1) is 0 Å². The molecule has 0 aromatic carbocycles. The fraction of sp³-hybridized carbons (Fsp3) is 0.895. The monoisotopic (exact) mass is 432 g/mol. The molecular weight excluding hydrogens is 396 g/mol. The third-order valence-corrected chi connectivity index (χ3v) is 7.59. The molecule has 0 atom stereocenters. The third kappa shape index (κ3) is 6.05. The van der Waals surface area contributed by atoms with Gasteiger partial charge < -0.3 is 14.5 Å². The lowest BCUT2D eigenvalue weighted by Gasteiger charge is -2.39. The first-order chi connectivity index (χ1) is 13.5. The highest BCUT2D eigenvalue weighted by Crippen LogP contribution is 2.23. The van der Waals surface area contributed by atoms with Crippen LogP contribution in [-0.2, 0) is 19.7 Å². The Balaban J connectivity index is 1.84.